The number of Topliss-reactive ketones (excluding diaryl/α,β-unsaturated/α-hetero) is 4. The van der Waals surface area contributed by atoms with Crippen molar-refractivity contribution in [2.75, 3.05) is 26.4 Å². The van der Waals surface area contributed by atoms with Gasteiger partial charge in [-0.2, -0.15) is 0 Å². The molecule has 0 saturated heterocycles. The molecule has 0 saturated carbocycles. The Bertz CT molecular complexity index is 290. The van der Waals surface area contributed by atoms with Gasteiger partial charge >= 0.3 is 0 Å². The Morgan fingerprint density at radius 3 is 1.20 bits per heavy atom. The van der Waals surface area contributed by atoms with Crippen LogP contribution in [0.3, 0.4) is 0 Å². The Labute approximate surface area is 119 Å². The first-order chi connectivity index (χ1) is 9.33. The van der Waals surface area contributed by atoms with Gasteiger partial charge in [-0.05, 0) is 27.7 Å². The van der Waals surface area contributed by atoms with Gasteiger partial charge in [0.1, 0.15) is 24.8 Å². The van der Waals surface area contributed by atoms with Crippen LogP contribution in [-0.2, 0) is 28.7 Å². The number of ether oxygens (including phenoxy) is 2. The highest BCUT2D eigenvalue weighted by atomic mass is 16.5. The van der Waals surface area contributed by atoms with Crippen molar-refractivity contribution in [1.82, 2.24) is 0 Å². The topological polar surface area (TPSA) is 86.7 Å². The van der Waals surface area contributed by atoms with Crippen LogP contribution in [0.25, 0.3) is 0 Å². The summed E-state index contributed by atoms with van der Waals surface area (Å²) in [6.07, 6.45) is -0.000000000000000444. The summed E-state index contributed by atoms with van der Waals surface area (Å²) in [5.74, 6) is -0.502. The van der Waals surface area contributed by atoms with E-state index in [4.69, 9.17) is 9.47 Å². The maximum atomic E-state index is 10.7. The van der Waals surface area contributed by atoms with E-state index in [0.29, 0.717) is 13.2 Å². The zero-order chi connectivity index (χ0) is 16.0. The van der Waals surface area contributed by atoms with Gasteiger partial charge in [-0.3, -0.25) is 19.2 Å². The fraction of sp³-hybridized carbons (Fsp3) is 0.714. The SMILES string of the molecule is CCOCC(=O)CC(C)=O.CCOCC(=O)CC(C)=O. The van der Waals surface area contributed by atoms with Crippen LogP contribution < -0.4 is 0 Å². The maximum Gasteiger partial charge on any atom is 0.165 e. The molecule has 0 aromatic carbocycles. The van der Waals surface area contributed by atoms with Crippen molar-refractivity contribution in [2.24, 2.45) is 0 Å². The number of carbonyl (C=O) groups excluding carboxylic acids is 4. The lowest BCUT2D eigenvalue weighted by molar-refractivity contribution is -0.130. The molecule has 0 atom stereocenters. The molecule has 0 amide bonds. The fourth-order valence-corrected chi connectivity index (χ4v) is 1.09. The third-order valence-electron chi connectivity index (χ3n) is 1.83. The zero-order valence-electron chi connectivity index (χ0n) is 12.7. The van der Waals surface area contributed by atoms with Gasteiger partial charge in [0.25, 0.3) is 0 Å². The van der Waals surface area contributed by atoms with Crippen molar-refractivity contribution >= 4 is 23.1 Å². The highest BCUT2D eigenvalue weighted by Crippen LogP contribution is 1.86. The minimum absolute atomic E-state index is 0.000000000000000222. The molecule has 0 spiro atoms. The van der Waals surface area contributed by atoms with Crippen LogP contribution in [0.4, 0.5) is 0 Å². The van der Waals surface area contributed by atoms with Gasteiger partial charge in [0.2, 0.25) is 0 Å². The molecule has 0 aliphatic carbocycles. The number of ketones is 4. The lowest BCUT2D eigenvalue weighted by atomic mass is 10.2. The second kappa shape index (κ2) is 14.0. The first kappa shape index (κ1) is 20.9. The summed E-state index contributed by atoms with van der Waals surface area (Å²) in [6.45, 7) is 7.56. The molecule has 0 aliphatic rings. The smallest absolute Gasteiger partial charge is 0.165 e. The third kappa shape index (κ3) is 19.0. The summed E-state index contributed by atoms with van der Waals surface area (Å²) >= 11 is 0. The van der Waals surface area contributed by atoms with E-state index in [1.54, 1.807) is 13.8 Å². The van der Waals surface area contributed by atoms with Gasteiger partial charge in [-0.25, -0.2) is 0 Å². The molecule has 0 N–H and O–H groups in total. The second-order valence-corrected chi connectivity index (χ2v) is 4.11. The minimum atomic E-state index is -0.144. The van der Waals surface area contributed by atoms with Crippen molar-refractivity contribution in [2.45, 2.75) is 40.5 Å². The highest BCUT2D eigenvalue weighted by Gasteiger charge is 2.04. The maximum absolute atomic E-state index is 10.7. The summed E-state index contributed by atoms with van der Waals surface area (Å²) in [5.41, 5.74) is 0. The van der Waals surface area contributed by atoms with Crippen LogP contribution in [0.15, 0.2) is 0 Å². The Morgan fingerprint density at radius 1 is 0.700 bits per heavy atom. The van der Waals surface area contributed by atoms with E-state index < -0.39 is 0 Å². The van der Waals surface area contributed by atoms with E-state index in [0.717, 1.165) is 0 Å². The summed E-state index contributed by atoms with van der Waals surface area (Å²) in [6, 6.07) is 0. The Morgan fingerprint density at radius 2 is 1.00 bits per heavy atom. The van der Waals surface area contributed by atoms with Gasteiger partial charge in [0.15, 0.2) is 11.6 Å². The molecule has 0 unspecified atom stereocenters. The van der Waals surface area contributed by atoms with Crippen LogP contribution in [0.5, 0.6) is 0 Å². The predicted molar refractivity (Wildman–Crippen MR) is 73.6 cm³/mol. The Kier molecular flexibility index (Phi) is 14.7. The molecular formula is C14H24O6. The van der Waals surface area contributed by atoms with Crippen LogP contribution in [0.2, 0.25) is 0 Å². The zero-order valence-corrected chi connectivity index (χ0v) is 12.7. The summed E-state index contributed by atoms with van der Waals surface area (Å²) in [5, 5.41) is 0. The monoisotopic (exact) mass is 288 g/mol. The van der Waals surface area contributed by atoms with Crippen LogP contribution in [-0.4, -0.2) is 49.6 Å². The van der Waals surface area contributed by atoms with Crippen molar-refractivity contribution in [3.8, 4) is 0 Å². The van der Waals surface area contributed by atoms with Gasteiger partial charge in [0, 0.05) is 13.2 Å². The number of rotatable bonds is 10. The van der Waals surface area contributed by atoms with Crippen LogP contribution in [0, 0.1) is 0 Å². The molecule has 0 bridgehead atoms. The fourth-order valence-electron chi connectivity index (χ4n) is 1.09. The first-order valence-electron chi connectivity index (χ1n) is 6.51. The lowest BCUT2D eigenvalue weighted by Gasteiger charge is -1.96. The Balaban J connectivity index is 0. The highest BCUT2D eigenvalue weighted by molar-refractivity contribution is 5.98. The summed E-state index contributed by atoms with van der Waals surface area (Å²) < 4.78 is 9.59. The first-order valence-corrected chi connectivity index (χ1v) is 6.51. The normalized spacial score (nSPS) is 9.40. The third-order valence-corrected chi connectivity index (χ3v) is 1.83. The summed E-state index contributed by atoms with van der Waals surface area (Å²) in [7, 11) is 0. The van der Waals surface area contributed by atoms with E-state index >= 15 is 0 Å². The standard InChI is InChI=1S/2C7H12O3/c2*1-3-10-5-7(9)4-6(2)8/h2*3-5H2,1-2H3. The molecule has 20 heavy (non-hydrogen) atoms. The van der Waals surface area contributed by atoms with Gasteiger partial charge in [-0.1, -0.05) is 0 Å². The van der Waals surface area contributed by atoms with E-state index in [1.165, 1.54) is 13.8 Å². The molecule has 0 aromatic rings. The molecular weight excluding hydrogens is 264 g/mol. The molecule has 116 valence electrons. The molecule has 6 heteroatoms. The van der Waals surface area contributed by atoms with Crippen molar-refractivity contribution < 1.29 is 28.7 Å². The van der Waals surface area contributed by atoms with Crippen molar-refractivity contribution in [3.63, 3.8) is 0 Å². The van der Waals surface area contributed by atoms with Crippen molar-refractivity contribution in [3.05, 3.63) is 0 Å². The molecule has 0 fully saturated rings. The summed E-state index contributed by atoms with van der Waals surface area (Å²) in [4.78, 5) is 42.0. The second-order valence-electron chi connectivity index (χ2n) is 4.11. The molecule has 0 aliphatic heterocycles. The number of hydrogen-bond acceptors (Lipinski definition) is 6. The molecule has 0 radical (unpaired) electrons. The van der Waals surface area contributed by atoms with E-state index in [2.05, 4.69) is 0 Å². The molecule has 0 rings (SSSR count). The van der Waals surface area contributed by atoms with Gasteiger partial charge in [0.05, 0.1) is 12.8 Å². The van der Waals surface area contributed by atoms with E-state index in [1.807, 2.05) is 0 Å². The largest absolute Gasteiger partial charge is 0.374 e. The number of carbonyl (C=O) groups is 4. The minimum Gasteiger partial charge on any atom is -0.374 e. The quantitative estimate of drug-likeness (QED) is 0.560. The average molecular weight is 288 g/mol. The van der Waals surface area contributed by atoms with Gasteiger partial charge < -0.3 is 9.47 Å². The molecule has 6 nitrogen and oxygen atoms in total. The van der Waals surface area contributed by atoms with E-state index in [9.17, 15) is 19.2 Å². The number of hydrogen-bond donors (Lipinski definition) is 0. The van der Waals surface area contributed by atoms with Gasteiger partial charge in [-0.15, -0.1) is 0 Å². The average Bonchev–Trinajstić information content (AvgIpc) is 2.33. The lowest BCUT2D eigenvalue weighted by Crippen LogP contribution is -2.11. The van der Waals surface area contributed by atoms with Crippen LogP contribution >= 0.6 is 0 Å². The van der Waals surface area contributed by atoms with Crippen molar-refractivity contribution in [1.29, 1.82) is 0 Å². The Hall–Kier alpha value is -1.40. The molecule has 0 heterocycles. The predicted octanol–water partition coefficient (Wildman–Crippen LogP) is 1.14. The molecule has 0 aromatic heterocycles. The van der Waals surface area contributed by atoms with E-state index in [-0.39, 0.29) is 49.2 Å². The van der Waals surface area contributed by atoms with Crippen LogP contribution in [0.1, 0.15) is 40.5 Å².